The highest BCUT2D eigenvalue weighted by Crippen LogP contribution is 2.32. The summed E-state index contributed by atoms with van der Waals surface area (Å²) in [6.07, 6.45) is 1.31. The van der Waals surface area contributed by atoms with Gasteiger partial charge in [0, 0.05) is 10.6 Å². The van der Waals surface area contributed by atoms with Crippen LogP contribution in [-0.4, -0.2) is 16.9 Å². The van der Waals surface area contributed by atoms with Crippen molar-refractivity contribution >= 4 is 64.1 Å². The first-order chi connectivity index (χ1) is 14.3. The van der Waals surface area contributed by atoms with Crippen LogP contribution in [-0.2, 0) is 9.59 Å². The molecule has 1 fully saturated rings. The van der Waals surface area contributed by atoms with E-state index >= 15 is 0 Å². The van der Waals surface area contributed by atoms with Crippen LogP contribution >= 0.6 is 35.4 Å². The Balaban J connectivity index is 1.68. The van der Waals surface area contributed by atoms with E-state index in [0.717, 1.165) is 4.90 Å². The molecule has 2 aromatic carbocycles. The second-order valence-corrected chi connectivity index (χ2v) is 7.49. The molecule has 9 heteroatoms. The van der Waals surface area contributed by atoms with Gasteiger partial charge >= 0.3 is 0 Å². The maximum atomic E-state index is 13.2. The molecule has 0 saturated carbocycles. The average molecular weight is 461 g/mol. The molecular weight excluding hydrogens is 450 g/mol. The van der Waals surface area contributed by atoms with Crippen molar-refractivity contribution in [1.29, 1.82) is 0 Å². The Hall–Kier alpha value is -3.00. The summed E-state index contributed by atoms with van der Waals surface area (Å²) in [4.78, 5) is 26.4. The summed E-state index contributed by atoms with van der Waals surface area (Å²) in [5.74, 6) is -1.07. The fraction of sp³-hybridized carbons (Fsp3) is 0. The van der Waals surface area contributed by atoms with Crippen molar-refractivity contribution in [2.75, 3.05) is 4.90 Å². The van der Waals surface area contributed by atoms with Gasteiger partial charge in [0.1, 0.15) is 22.9 Å². The molecule has 0 spiro atoms. The summed E-state index contributed by atoms with van der Waals surface area (Å²) in [6.45, 7) is 0. The first kappa shape index (κ1) is 20.3. The number of carbonyl (C=O) groups is 2. The molecular formula is C21H11Cl2FN2O3S. The van der Waals surface area contributed by atoms with Gasteiger partial charge in [0.2, 0.25) is 0 Å². The lowest BCUT2D eigenvalue weighted by Crippen LogP contribution is -2.54. The highest BCUT2D eigenvalue weighted by Gasteiger charge is 2.34. The molecule has 1 aromatic heterocycles. The molecule has 1 N–H and O–H groups in total. The van der Waals surface area contributed by atoms with Gasteiger partial charge in [0.05, 0.1) is 10.7 Å². The van der Waals surface area contributed by atoms with Crippen LogP contribution in [0.25, 0.3) is 17.4 Å². The second kappa shape index (κ2) is 8.02. The van der Waals surface area contributed by atoms with E-state index in [0.29, 0.717) is 27.1 Å². The second-order valence-electron chi connectivity index (χ2n) is 6.26. The molecule has 1 aliphatic heterocycles. The van der Waals surface area contributed by atoms with E-state index in [-0.39, 0.29) is 16.4 Å². The summed E-state index contributed by atoms with van der Waals surface area (Å²) in [6, 6.07) is 13.4. The molecule has 3 aromatic rings. The number of nitrogens with one attached hydrogen (secondary N) is 1. The van der Waals surface area contributed by atoms with Gasteiger partial charge in [-0.1, -0.05) is 23.2 Å². The fourth-order valence-electron chi connectivity index (χ4n) is 2.89. The van der Waals surface area contributed by atoms with Crippen molar-refractivity contribution in [2.24, 2.45) is 0 Å². The number of benzene rings is 2. The molecule has 2 amide bonds. The molecule has 2 heterocycles. The summed E-state index contributed by atoms with van der Waals surface area (Å²) < 4.78 is 19.0. The topological polar surface area (TPSA) is 62.6 Å². The van der Waals surface area contributed by atoms with Crippen molar-refractivity contribution in [1.82, 2.24) is 5.32 Å². The SMILES string of the molecule is O=C1NC(=S)N(c2ccc(F)cc2)C(=O)C1=Cc1ccc(-c2ccc(Cl)cc2Cl)o1. The zero-order chi connectivity index (χ0) is 21.4. The predicted octanol–water partition coefficient (Wildman–Crippen LogP) is 5.22. The van der Waals surface area contributed by atoms with Crippen molar-refractivity contribution < 1.29 is 18.4 Å². The summed E-state index contributed by atoms with van der Waals surface area (Å²) >= 11 is 17.2. The lowest BCUT2D eigenvalue weighted by molar-refractivity contribution is -0.122. The van der Waals surface area contributed by atoms with Gasteiger partial charge in [0.15, 0.2) is 5.11 Å². The Morgan fingerprint density at radius 2 is 1.77 bits per heavy atom. The van der Waals surface area contributed by atoms with Crippen LogP contribution in [0.5, 0.6) is 0 Å². The predicted molar refractivity (Wildman–Crippen MR) is 117 cm³/mol. The summed E-state index contributed by atoms with van der Waals surface area (Å²) in [5.41, 5.74) is 0.751. The zero-order valence-electron chi connectivity index (χ0n) is 15.0. The largest absolute Gasteiger partial charge is 0.457 e. The Morgan fingerprint density at radius 1 is 1.03 bits per heavy atom. The van der Waals surface area contributed by atoms with Gasteiger partial charge < -0.3 is 4.42 Å². The monoisotopic (exact) mass is 460 g/mol. The van der Waals surface area contributed by atoms with Gasteiger partial charge in [-0.25, -0.2) is 4.39 Å². The van der Waals surface area contributed by atoms with Crippen LogP contribution in [0.1, 0.15) is 5.76 Å². The van der Waals surface area contributed by atoms with E-state index < -0.39 is 17.6 Å². The smallest absolute Gasteiger partial charge is 0.270 e. The summed E-state index contributed by atoms with van der Waals surface area (Å²) in [5, 5.41) is 3.24. The molecule has 5 nitrogen and oxygen atoms in total. The normalized spacial score (nSPS) is 15.6. The van der Waals surface area contributed by atoms with E-state index in [4.69, 9.17) is 39.8 Å². The molecule has 0 radical (unpaired) electrons. The third-order valence-corrected chi connectivity index (χ3v) is 5.13. The molecule has 0 unspecified atom stereocenters. The molecule has 0 aliphatic carbocycles. The van der Waals surface area contributed by atoms with Gasteiger partial charge in [-0.3, -0.25) is 19.8 Å². The van der Waals surface area contributed by atoms with Crippen molar-refractivity contribution in [3.8, 4) is 11.3 Å². The quantitative estimate of drug-likeness (QED) is 0.330. The van der Waals surface area contributed by atoms with Crippen LogP contribution < -0.4 is 10.2 Å². The van der Waals surface area contributed by atoms with E-state index in [9.17, 15) is 14.0 Å². The number of thiocarbonyl (C=S) groups is 1. The fourth-order valence-corrected chi connectivity index (χ4v) is 3.67. The Morgan fingerprint density at radius 3 is 2.47 bits per heavy atom. The van der Waals surface area contributed by atoms with Crippen molar-refractivity contribution in [2.45, 2.75) is 0 Å². The molecule has 150 valence electrons. The van der Waals surface area contributed by atoms with Gasteiger partial charge in [-0.15, -0.1) is 0 Å². The van der Waals surface area contributed by atoms with Gasteiger partial charge in [-0.05, 0) is 72.9 Å². The molecule has 1 aliphatic rings. The highest BCUT2D eigenvalue weighted by molar-refractivity contribution is 7.80. The van der Waals surface area contributed by atoms with E-state index in [1.165, 1.54) is 30.3 Å². The number of amides is 2. The molecule has 1 saturated heterocycles. The molecule has 0 bridgehead atoms. The minimum atomic E-state index is -0.661. The van der Waals surface area contributed by atoms with E-state index in [1.54, 1.807) is 30.3 Å². The first-order valence-electron chi connectivity index (χ1n) is 8.56. The minimum Gasteiger partial charge on any atom is -0.457 e. The standard InChI is InChI=1S/C21H11Cl2FN2O3S/c22-11-1-7-15(17(23)9-11)18-8-6-14(29-18)10-16-19(27)25-21(30)26(20(16)28)13-4-2-12(24)3-5-13/h1-10H,(H,25,27,30). The first-order valence-corrected chi connectivity index (χ1v) is 9.72. The van der Waals surface area contributed by atoms with Crippen LogP contribution in [0.3, 0.4) is 0 Å². The molecule has 4 rings (SSSR count). The lowest BCUT2D eigenvalue weighted by Gasteiger charge is -2.28. The average Bonchev–Trinajstić information content (AvgIpc) is 3.15. The number of carbonyl (C=O) groups excluding carboxylic acids is 2. The van der Waals surface area contributed by atoms with Crippen LogP contribution in [0.2, 0.25) is 10.0 Å². The Kier molecular flexibility index (Phi) is 5.42. The number of anilines is 1. The molecule has 30 heavy (non-hydrogen) atoms. The molecule has 0 atom stereocenters. The third-order valence-electron chi connectivity index (χ3n) is 4.30. The number of halogens is 3. The van der Waals surface area contributed by atoms with Gasteiger partial charge in [0.25, 0.3) is 11.8 Å². The van der Waals surface area contributed by atoms with Crippen LogP contribution in [0.15, 0.2) is 64.6 Å². The maximum absolute atomic E-state index is 13.2. The third kappa shape index (κ3) is 3.87. The maximum Gasteiger partial charge on any atom is 0.270 e. The van der Waals surface area contributed by atoms with E-state index in [2.05, 4.69) is 5.32 Å². The minimum absolute atomic E-state index is 0.0955. The Bertz CT molecular complexity index is 1220. The highest BCUT2D eigenvalue weighted by atomic mass is 35.5. The van der Waals surface area contributed by atoms with Crippen molar-refractivity contribution in [3.05, 3.63) is 81.8 Å². The number of hydrogen-bond acceptors (Lipinski definition) is 4. The lowest BCUT2D eigenvalue weighted by atomic mass is 10.1. The number of nitrogens with zero attached hydrogens (tertiary/aromatic N) is 1. The number of rotatable bonds is 3. The summed E-state index contributed by atoms with van der Waals surface area (Å²) in [7, 11) is 0. The van der Waals surface area contributed by atoms with Crippen molar-refractivity contribution in [3.63, 3.8) is 0 Å². The number of hydrogen-bond donors (Lipinski definition) is 1. The number of furan rings is 1. The van der Waals surface area contributed by atoms with Crippen LogP contribution in [0.4, 0.5) is 10.1 Å². The zero-order valence-corrected chi connectivity index (χ0v) is 17.3. The van der Waals surface area contributed by atoms with E-state index in [1.807, 2.05) is 0 Å². The Labute approximate surface area is 185 Å². The van der Waals surface area contributed by atoms with Gasteiger partial charge in [-0.2, -0.15) is 0 Å². The van der Waals surface area contributed by atoms with Crippen LogP contribution in [0, 0.1) is 5.82 Å².